The molecule has 2 N–H and O–H groups in total. The smallest absolute Gasteiger partial charge is 0.297 e. The highest BCUT2D eigenvalue weighted by molar-refractivity contribution is 6.05. The molecule has 2 amide bonds. The standard InChI is InChI=1S/C22H28N2O5/c1-15(2)6-5-7-16(3)12-13-29-19-10-8-18(9-11-19)14-20-22(26)23(27)17(4)21(25)24(20)28/h6,8-12,14,17,27-28H,5,7,13H2,1-4H3/b16-12+,20-14+/t17-/m0/s1. The number of allylic oxidation sites excluding steroid dienone is 3. The first kappa shape index (κ1) is 22.4. The molecule has 1 aliphatic heterocycles. The van der Waals surface area contributed by atoms with Gasteiger partial charge in [0, 0.05) is 0 Å². The van der Waals surface area contributed by atoms with Crippen molar-refractivity contribution in [3.05, 3.63) is 58.8 Å². The van der Waals surface area contributed by atoms with Gasteiger partial charge < -0.3 is 4.74 Å². The lowest BCUT2D eigenvalue weighted by Crippen LogP contribution is -2.54. The molecule has 0 aliphatic carbocycles. The van der Waals surface area contributed by atoms with Gasteiger partial charge in [-0.05, 0) is 70.4 Å². The lowest BCUT2D eigenvalue weighted by molar-refractivity contribution is -0.205. The van der Waals surface area contributed by atoms with E-state index in [2.05, 4.69) is 26.8 Å². The van der Waals surface area contributed by atoms with Crippen LogP contribution in [0.3, 0.4) is 0 Å². The quantitative estimate of drug-likeness (QED) is 0.411. The molecule has 156 valence electrons. The first-order valence-corrected chi connectivity index (χ1v) is 9.49. The number of carbonyl (C=O) groups excluding carboxylic acids is 2. The monoisotopic (exact) mass is 400 g/mol. The van der Waals surface area contributed by atoms with Crippen molar-refractivity contribution in [2.45, 2.75) is 46.6 Å². The Labute approximate surface area is 171 Å². The van der Waals surface area contributed by atoms with Gasteiger partial charge >= 0.3 is 0 Å². The van der Waals surface area contributed by atoms with Crippen LogP contribution in [-0.2, 0) is 9.59 Å². The second-order valence-electron chi connectivity index (χ2n) is 7.26. The highest BCUT2D eigenvalue weighted by Gasteiger charge is 2.39. The zero-order chi connectivity index (χ0) is 21.6. The number of nitrogens with zero attached hydrogens (tertiary/aromatic N) is 2. The van der Waals surface area contributed by atoms with Gasteiger partial charge in [-0.2, -0.15) is 5.06 Å². The first-order chi connectivity index (χ1) is 13.7. The number of hydrogen-bond donors (Lipinski definition) is 2. The molecule has 7 nitrogen and oxygen atoms in total. The summed E-state index contributed by atoms with van der Waals surface area (Å²) in [5.41, 5.74) is 2.83. The number of piperazine rings is 1. The summed E-state index contributed by atoms with van der Waals surface area (Å²) in [5.74, 6) is -0.983. The Bertz CT molecular complexity index is 835. The normalized spacial score (nSPS) is 19.0. The van der Waals surface area contributed by atoms with Crippen molar-refractivity contribution in [2.75, 3.05) is 6.61 Å². The van der Waals surface area contributed by atoms with Gasteiger partial charge in [0.25, 0.3) is 11.8 Å². The van der Waals surface area contributed by atoms with E-state index in [0.717, 1.165) is 12.8 Å². The summed E-state index contributed by atoms with van der Waals surface area (Å²) in [4.78, 5) is 24.0. The topological polar surface area (TPSA) is 90.3 Å². The molecule has 0 radical (unpaired) electrons. The van der Waals surface area contributed by atoms with Crippen LogP contribution in [0.1, 0.15) is 46.1 Å². The van der Waals surface area contributed by atoms with Gasteiger partial charge in [0.15, 0.2) is 0 Å². The highest BCUT2D eigenvalue weighted by Crippen LogP contribution is 2.21. The molecule has 0 saturated carbocycles. The maximum atomic E-state index is 12.1. The van der Waals surface area contributed by atoms with Crippen LogP contribution >= 0.6 is 0 Å². The Hall–Kier alpha value is -2.90. The molecule has 0 aromatic heterocycles. The summed E-state index contributed by atoms with van der Waals surface area (Å²) in [5, 5.41) is 20.2. The third-order valence-corrected chi connectivity index (χ3v) is 4.54. The SMILES string of the molecule is CC(C)=CCC/C(C)=C/COc1ccc(/C=C2\C(=O)N(O)[C@@H](C)C(=O)N2O)cc1. The Morgan fingerprint density at radius 3 is 2.38 bits per heavy atom. The van der Waals surface area contributed by atoms with Crippen molar-refractivity contribution in [1.29, 1.82) is 0 Å². The van der Waals surface area contributed by atoms with Crippen LogP contribution in [0.25, 0.3) is 6.08 Å². The van der Waals surface area contributed by atoms with E-state index in [-0.39, 0.29) is 10.8 Å². The number of rotatable bonds is 7. The van der Waals surface area contributed by atoms with Crippen LogP contribution in [0.4, 0.5) is 0 Å². The Morgan fingerprint density at radius 1 is 1.10 bits per heavy atom. The molecule has 1 aromatic rings. The molecule has 1 heterocycles. The average molecular weight is 400 g/mol. The summed E-state index contributed by atoms with van der Waals surface area (Å²) >= 11 is 0. The molecular formula is C22H28N2O5. The van der Waals surface area contributed by atoms with Crippen LogP contribution in [0, 0.1) is 0 Å². The molecule has 29 heavy (non-hydrogen) atoms. The molecule has 0 spiro atoms. The van der Waals surface area contributed by atoms with E-state index in [4.69, 9.17) is 4.74 Å². The summed E-state index contributed by atoms with van der Waals surface area (Å²) in [7, 11) is 0. The lowest BCUT2D eigenvalue weighted by Gasteiger charge is -2.32. The number of benzene rings is 1. The average Bonchev–Trinajstić information content (AvgIpc) is 2.69. The molecule has 1 atom stereocenters. The van der Waals surface area contributed by atoms with Gasteiger partial charge in [0.2, 0.25) is 0 Å². The van der Waals surface area contributed by atoms with Crippen LogP contribution < -0.4 is 4.74 Å². The second kappa shape index (κ2) is 10.0. The van der Waals surface area contributed by atoms with E-state index in [1.165, 1.54) is 24.1 Å². The molecule has 2 rings (SSSR count). The Balaban J connectivity index is 1.98. The molecule has 1 fully saturated rings. The van der Waals surface area contributed by atoms with E-state index < -0.39 is 17.9 Å². The van der Waals surface area contributed by atoms with Gasteiger partial charge in [0.05, 0.1) is 0 Å². The van der Waals surface area contributed by atoms with E-state index in [1.807, 2.05) is 6.08 Å². The molecule has 0 bridgehead atoms. The predicted molar refractivity (Wildman–Crippen MR) is 109 cm³/mol. The van der Waals surface area contributed by atoms with Crippen LogP contribution in [0.5, 0.6) is 5.75 Å². The molecule has 7 heteroatoms. The van der Waals surface area contributed by atoms with Gasteiger partial charge in [-0.25, -0.2) is 5.06 Å². The zero-order valence-electron chi connectivity index (χ0n) is 17.3. The number of amides is 2. The summed E-state index contributed by atoms with van der Waals surface area (Å²) in [6.45, 7) is 8.02. The van der Waals surface area contributed by atoms with Crippen LogP contribution in [0.2, 0.25) is 0 Å². The van der Waals surface area contributed by atoms with E-state index in [9.17, 15) is 20.0 Å². The number of ether oxygens (including phenoxy) is 1. The molecular weight excluding hydrogens is 372 g/mol. The maximum Gasteiger partial charge on any atom is 0.297 e. The minimum atomic E-state index is -1.14. The lowest BCUT2D eigenvalue weighted by atomic mass is 10.1. The van der Waals surface area contributed by atoms with Gasteiger partial charge in [-0.1, -0.05) is 29.4 Å². The Kier molecular flexibility index (Phi) is 7.75. The summed E-state index contributed by atoms with van der Waals surface area (Å²) in [6.07, 6.45) is 7.58. The van der Waals surface area contributed by atoms with Crippen LogP contribution in [-0.4, -0.2) is 45.0 Å². The fourth-order valence-electron chi connectivity index (χ4n) is 2.70. The van der Waals surface area contributed by atoms with E-state index >= 15 is 0 Å². The van der Waals surface area contributed by atoms with Crippen molar-refractivity contribution in [3.8, 4) is 5.75 Å². The van der Waals surface area contributed by atoms with Crippen molar-refractivity contribution in [3.63, 3.8) is 0 Å². The number of carbonyl (C=O) groups is 2. The highest BCUT2D eigenvalue weighted by atomic mass is 16.5. The third-order valence-electron chi connectivity index (χ3n) is 4.54. The van der Waals surface area contributed by atoms with E-state index in [0.29, 0.717) is 23.0 Å². The first-order valence-electron chi connectivity index (χ1n) is 9.49. The zero-order valence-corrected chi connectivity index (χ0v) is 17.3. The van der Waals surface area contributed by atoms with Crippen LogP contribution in [0.15, 0.2) is 53.3 Å². The fraction of sp³-hybridized carbons (Fsp3) is 0.364. The van der Waals surface area contributed by atoms with E-state index in [1.54, 1.807) is 24.3 Å². The minimum Gasteiger partial charge on any atom is -0.490 e. The van der Waals surface area contributed by atoms with Crippen molar-refractivity contribution < 1.29 is 24.7 Å². The van der Waals surface area contributed by atoms with Crippen molar-refractivity contribution >= 4 is 17.9 Å². The third kappa shape index (κ3) is 6.04. The Morgan fingerprint density at radius 2 is 1.76 bits per heavy atom. The summed E-state index contributed by atoms with van der Waals surface area (Å²) < 4.78 is 5.70. The van der Waals surface area contributed by atoms with Crippen molar-refractivity contribution in [2.24, 2.45) is 0 Å². The fourth-order valence-corrected chi connectivity index (χ4v) is 2.70. The largest absolute Gasteiger partial charge is 0.490 e. The molecule has 1 saturated heterocycles. The molecule has 0 unspecified atom stereocenters. The minimum absolute atomic E-state index is 0.271. The molecule has 1 aliphatic rings. The number of hydroxylamine groups is 4. The van der Waals surface area contributed by atoms with Gasteiger partial charge in [0.1, 0.15) is 24.1 Å². The van der Waals surface area contributed by atoms with Crippen molar-refractivity contribution in [1.82, 2.24) is 10.1 Å². The molecule has 1 aromatic carbocycles. The second-order valence-corrected chi connectivity index (χ2v) is 7.26. The van der Waals surface area contributed by atoms with Gasteiger partial charge in [-0.3, -0.25) is 20.0 Å². The van der Waals surface area contributed by atoms with Gasteiger partial charge in [-0.15, -0.1) is 0 Å². The number of hydrogen-bond acceptors (Lipinski definition) is 5. The predicted octanol–water partition coefficient (Wildman–Crippen LogP) is 3.94. The summed E-state index contributed by atoms with van der Waals surface area (Å²) in [6, 6.07) is 5.71. The maximum absolute atomic E-state index is 12.1.